The number of hydrogen-bond donors (Lipinski definition) is 0. The van der Waals surface area contributed by atoms with Crippen LogP contribution in [0.5, 0.6) is 0 Å². The number of benzene rings is 1. The number of carbonyl (C=O) groups is 2. The van der Waals surface area contributed by atoms with E-state index in [1.807, 2.05) is 0 Å². The van der Waals surface area contributed by atoms with Crippen LogP contribution in [0.15, 0.2) is 47.4 Å². The molecule has 3 rings (SSSR count). The van der Waals surface area contributed by atoms with Gasteiger partial charge in [-0.15, -0.1) is 0 Å². The molecule has 1 aliphatic heterocycles. The number of carbonyl (C=O) groups excluding carboxylic acids is 2. The van der Waals surface area contributed by atoms with Gasteiger partial charge < -0.3 is 9.64 Å². The Hall–Kier alpha value is -2.78. The first-order valence-electron chi connectivity index (χ1n) is 9.34. The molecule has 0 spiro atoms. The standard InChI is InChI=1S/C20H23N3O5S/c1-3-28-20(25)17-9-10-18(21-15(17)2)19(24)22-11-13-23(14-12-22)29(26,27)16-7-5-4-6-8-16/h4-10H,3,11-14H2,1-2H3. The lowest BCUT2D eigenvalue weighted by atomic mass is 10.1. The van der Waals surface area contributed by atoms with Crippen molar-refractivity contribution in [2.24, 2.45) is 0 Å². The zero-order valence-electron chi connectivity index (χ0n) is 16.4. The maximum absolute atomic E-state index is 12.8. The van der Waals surface area contributed by atoms with E-state index in [0.29, 0.717) is 11.3 Å². The maximum atomic E-state index is 12.8. The fourth-order valence-electron chi connectivity index (χ4n) is 3.14. The molecule has 1 amide bonds. The molecule has 154 valence electrons. The van der Waals surface area contributed by atoms with Crippen LogP contribution in [0.25, 0.3) is 0 Å². The van der Waals surface area contributed by atoms with E-state index in [9.17, 15) is 18.0 Å². The van der Waals surface area contributed by atoms with Gasteiger partial charge >= 0.3 is 5.97 Å². The summed E-state index contributed by atoms with van der Waals surface area (Å²) in [5, 5.41) is 0. The van der Waals surface area contributed by atoms with E-state index in [0.717, 1.165) is 0 Å². The topological polar surface area (TPSA) is 96.9 Å². The minimum Gasteiger partial charge on any atom is -0.462 e. The average molecular weight is 417 g/mol. The fourth-order valence-corrected chi connectivity index (χ4v) is 4.58. The second-order valence-electron chi connectivity index (χ2n) is 6.56. The van der Waals surface area contributed by atoms with Gasteiger partial charge in [0.2, 0.25) is 10.0 Å². The van der Waals surface area contributed by atoms with Gasteiger partial charge in [0.05, 0.1) is 22.8 Å². The van der Waals surface area contributed by atoms with Crippen LogP contribution in [0.2, 0.25) is 0 Å². The van der Waals surface area contributed by atoms with Gasteiger partial charge in [-0.2, -0.15) is 4.31 Å². The molecule has 2 heterocycles. The molecule has 1 saturated heterocycles. The Labute approximate surface area is 170 Å². The van der Waals surface area contributed by atoms with Crippen molar-refractivity contribution in [2.75, 3.05) is 32.8 Å². The van der Waals surface area contributed by atoms with Crippen LogP contribution in [-0.2, 0) is 14.8 Å². The number of ether oxygens (including phenoxy) is 1. The third-order valence-electron chi connectivity index (χ3n) is 4.71. The van der Waals surface area contributed by atoms with E-state index >= 15 is 0 Å². The molecule has 0 bridgehead atoms. The summed E-state index contributed by atoms with van der Waals surface area (Å²) in [4.78, 5) is 30.7. The van der Waals surface area contributed by atoms with E-state index in [1.54, 1.807) is 49.1 Å². The number of hydrogen-bond acceptors (Lipinski definition) is 6. The van der Waals surface area contributed by atoms with Gasteiger partial charge in [-0.3, -0.25) is 4.79 Å². The third kappa shape index (κ3) is 4.46. The monoisotopic (exact) mass is 417 g/mol. The molecule has 1 aliphatic rings. The molecule has 0 radical (unpaired) electrons. The van der Waals surface area contributed by atoms with Crippen LogP contribution < -0.4 is 0 Å². The molecule has 1 aromatic carbocycles. The highest BCUT2D eigenvalue weighted by Gasteiger charge is 2.30. The molecule has 9 heteroatoms. The predicted octanol–water partition coefficient (Wildman–Crippen LogP) is 1.71. The summed E-state index contributed by atoms with van der Waals surface area (Å²) >= 11 is 0. The first-order valence-corrected chi connectivity index (χ1v) is 10.8. The quantitative estimate of drug-likeness (QED) is 0.687. The summed E-state index contributed by atoms with van der Waals surface area (Å²) in [6, 6.07) is 11.3. The van der Waals surface area contributed by atoms with E-state index in [-0.39, 0.29) is 49.3 Å². The van der Waals surface area contributed by atoms with Crippen molar-refractivity contribution in [3.8, 4) is 0 Å². The van der Waals surface area contributed by atoms with Gasteiger partial charge in [-0.25, -0.2) is 18.2 Å². The van der Waals surface area contributed by atoms with Crippen LogP contribution in [0, 0.1) is 6.92 Å². The Morgan fingerprint density at radius 1 is 1.03 bits per heavy atom. The number of amides is 1. The lowest BCUT2D eigenvalue weighted by Gasteiger charge is -2.33. The number of sulfonamides is 1. The number of rotatable bonds is 5. The predicted molar refractivity (Wildman–Crippen MR) is 106 cm³/mol. The van der Waals surface area contributed by atoms with Gasteiger partial charge in [0.15, 0.2) is 0 Å². The molecule has 0 N–H and O–H groups in total. The molecule has 0 atom stereocenters. The molecule has 29 heavy (non-hydrogen) atoms. The van der Waals surface area contributed by atoms with Crippen molar-refractivity contribution in [1.82, 2.24) is 14.2 Å². The Morgan fingerprint density at radius 2 is 1.69 bits per heavy atom. The Balaban J connectivity index is 1.67. The van der Waals surface area contributed by atoms with Crippen molar-refractivity contribution in [3.05, 3.63) is 59.4 Å². The van der Waals surface area contributed by atoms with Crippen molar-refractivity contribution < 1.29 is 22.7 Å². The van der Waals surface area contributed by atoms with Gasteiger partial charge in [0.25, 0.3) is 5.91 Å². The highest BCUT2D eigenvalue weighted by atomic mass is 32.2. The lowest BCUT2D eigenvalue weighted by molar-refractivity contribution is 0.0523. The van der Waals surface area contributed by atoms with Gasteiger partial charge in [0.1, 0.15) is 5.69 Å². The van der Waals surface area contributed by atoms with Gasteiger partial charge in [-0.05, 0) is 38.1 Å². The SMILES string of the molecule is CCOC(=O)c1ccc(C(=O)N2CCN(S(=O)(=O)c3ccccc3)CC2)nc1C. The second-order valence-corrected chi connectivity index (χ2v) is 8.50. The summed E-state index contributed by atoms with van der Waals surface area (Å²) in [6.45, 7) is 4.58. The zero-order valence-corrected chi connectivity index (χ0v) is 17.2. The minimum atomic E-state index is -3.57. The van der Waals surface area contributed by atoms with E-state index in [1.165, 1.54) is 16.4 Å². The summed E-state index contributed by atoms with van der Waals surface area (Å²) in [7, 11) is -3.57. The number of nitrogens with zero attached hydrogens (tertiary/aromatic N) is 3. The molecular weight excluding hydrogens is 394 g/mol. The lowest BCUT2D eigenvalue weighted by Crippen LogP contribution is -2.50. The maximum Gasteiger partial charge on any atom is 0.339 e. The third-order valence-corrected chi connectivity index (χ3v) is 6.62. The summed E-state index contributed by atoms with van der Waals surface area (Å²) in [6.07, 6.45) is 0. The number of aromatic nitrogens is 1. The highest BCUT2D eigenvalue weighted by molar-refractivity contribution is 7.89. The van der Waals surface area contributed by atoms with Crippen molar-refractivity contribution in [3.63, 3.8) is 0 Å². The minimum absolute atomic E-state index is 0.211. The molecule has 0 unspecified atom stereocenters. The normalized spacial score (nSPS) is 15.2. The van der Waals surface area contributed by atoms with Crippen molar-refractivity contribution >= 4 is 21.9 Å². The summed E-state index contributed by atoms with van der Waals surface area (Å²) in [5.74, 6) is -0.767. The van der Waals surface area contributed by atoms with E-state index in [4.69, 9.17) is 4.74 Å². The molecule has 8 nitrogen and oxygen atoms in total. The summed E-state index contributed by atoms with van der Waals surface area (Å²) < 4.78 is 31.8. The Morgan fingerprint density at radius 3 is 2.28 bits per heavy atom. The second kappa shape index (κ2) is 8.71. The highest BCUT2D eigenvalue weighted by Crippen LogP contribution is 2.18. The number of piperazine rings is 1. The first-order chi connectivity index (χ1) is 13.8. The largest absolute Gasteiger partial charge is 0.462 e. The molecule has 2 aromatic rings. The van der Waals surface area contributed by atoms with Crippen LogP contribution in [0.3, 0.4) is 0 Å². The molecule has 1 fully saturated rings. The number of aryl methyl sites for hydroxylation is 1. The van der Waals surface area contributed by atoms with E-state index in [2.05, 4.69) is 4.98 Å². The van der Waals surface area contributed by atoms with Crippen LogP contribution in [0.4, 0.5) is 0 Å². The molecular formula is C20H23N3O5S. The van der Waals surface area contributed by atoms with E-state index < -0.39 is 16.0 Å². The Bertz CT molecular complexity index is 1000. The number of pyridine rings is 1. The Kier molecular flexibility index (Phi) is 6.29. The molecule has 0 saturated carbocycles. The first kappa shape index (κ1) is 20.9. The van der Waals surface area contributed by atoms with Crippen molar-refractivity contribution in [1.29, 1.82) is 0 Å². The average Bonchev–Trinajstić information content (AvgIpc) is 2.74. The smallest absolute Gasteiger partial charge is 0.339 e. The molecule has 1 aromatic heterocycles. The van der Waals surface area contributed by atoms with Gasteiger partial charge in [0, 0.05) is 26.2 Å². The fraction of sp³-hybridized carbons (Fsp3) is 0.350. The van der Waals surface area contributed by atoms with Crippen LogP contribution in [0.1, 0.15) is 33.5 Å². The molecule has 0 aliphatic carbocycles. The van der Waals surface area contributed by atoms with Crippen LogP contribution >= 0.6 is 0 Å². The number of esters is 1. The summed E-state index contributed by atoms with van der Waals surface area (Å²) in [5.41, 5.74) is 0.955. The van der Waals surface area contributed by atoms with Gasteiger partial charge in [-0.1, -0.05) is 18.2 Å². The zero-order chi connectivity index (χ0) is 21.0. The van der Waals surface area contributed by atoms with Crippen LogP contribution in [-0.4, -0.2) is 67.3 Å². The van der Waals surface area contributed by atoms with Crippen molar-refractivity contribution in [2.45, 2.75) is 18.7 Å².